The van der Waals surface area contributed by atoms with Gasteiger partial charge in [0.15, 0.2) is 6.19 Å². The van der Waals surface area contributed by atoms with E-state index in [2.05, 4.69) is 15.3 Å². The van der Waals surface area contributed by atoms with E-state index in [-0.39, 0.29) is 0 Å². The van der Waals surface area contributed by atoms with Crippen LogP contribution in [0.3, 0.4) is 0 Å². The van der Waals surface area contributed by atoms with E-state index < -0.39 is 0 Å². The van der Waals surface area contributed by atoms with Crippen molar-refractivity contribution in [1.82, 2.24) is 15.2 Å². The molecular weight excluding hydrogens is 190 g/mol. The van der Waals surface area contributed by atoms with Crippen molar-refractivity contribution >= 4 is 5.96 Å². The number of aromatic nitrogens is 1. The minimum atomic E-state index is 0.642. The zero-order chi connectivity index (χ0) is 10.5. The second-order valence-electron chi connectivity index (χ2n) is 3.18. The van der Waals surface area contributed by atoms with Crippen molar-refractivity contribution in [1.29, 1.82) is 5.26 Å². The minimum absolute atomic E-state index is 0.642. The van der Waals surface area contributed by atoms with E-state index in [9.17, 15) is 0 Å². The monoisotopic (exact) mass is 201 g/mol. The molecule has 0 saturated carbocycles. The number of nitriles is 1. The summed E-state index contributed by atoms with van der Waals surface area (Å²) < 4.78 is 0. The Balaban J connectivity index is 2.02. The molecule has 15 heavy (non-hydrogen) atoms. The van der Waals surface area contributed by atoms with Crippen molar-refractivity contribution in [2.24, 2.45) is 4.99 Å². The second-order valence-corrected chi connectivity index (χ2v) is 3.18. The molecule has 1 aliphatic rings. The number of aliphatic imine (C=N–C) groups is 1. The first kappa shape index (κ1) is 9.46. The first-order valence-corrected chi connectivity index (χ1v) is 4.74. The Morgan fingerprint density at radius 1 is 1.53 bits per heavy atom. The summed E-state index contributed by atoms with van der Waals surface area (Å²) in [6.45, 7) is 2.26. The Kier molecular flexibility index (Phi) is 2.79. The van der Waals surface area contributed by atoms with Gasteiger partial charge >= 0.3 is 0 Å². The van der Waals surface area contributed by atoms with Gasteiger partial charge in [-0.1, -0.05) is 6.07 Å². The molecule has 1 aliphatic heterocycles. The van der Waals surface area contributed by atoms with E-state index in [1.165, 1.54) is 0 Å². The van der Waals surface area contributed by atoms with Crippen LogP contribution < -0.4 is 5.32 Å². The predicted octanol–water partition coefficient (Wildman–Crippen LogP) is 0.324. The Labute approximate surface area is 88.1 Å². The van der Waals surface area contributed by atoms with Crippen LogP contribution in [-0.2, 0) is 6.54 Å². The fraction of sp³-hybridized carbons (Fsp3) is 0.300. The third-order valence-corrected chi connectivity index (χ3v) is 2.18. The molecule has 0 bridgehead atoms. The highest BCUT2D eigenvalue weighted by atomic mass is 15.3. The molecule has 1 aromatic heterocycles. The van der Waals surface area contributed by atoms with Gasteiger partial charge in [0.05, 0.1) is 18.8 Å². The lowest BCUT2D eigenvalue weighted by Gasteiger charge is -2.17. The average molecular weight is 201 g/mol. The molecule has 76 valence electrons. The van der Waals surface area contributed by atoms with Crippen LogP contribution in [0.25, 0.3) is 0 Å². The first-order chi connectivity index (χ1) is 7.40. The summed E-state index contributed by atoms with van der Waals surface area (Å²) in [6, 6.07) is 5.80. The van der Waals surface area contributed by atoms with E-state index >= 15 is 0 Å². The lowest BCUT2D eigenvalue weighted by molar-refractivity contribution is 0.437. The van der Waals surface area contributed by atoms with Crippen LogP contribution in [0.4, 0.5) is 0 Å². The molecular formula is C10H11N5. The van der Waals surface area contributed by atoms with E-state index in [4.69, 9.17) is 5.26 Å². The third-order valence-electron chi connectivity index (χ3n) is 2.18. The molecule has 1 aromatic rings. The van der Waals surface area contributed by atoms with Gasteiger partial charge in [-0.15, -0.1) is 0 Å². The van der Waals surface area contributed by atoms with Gasteiger partial charge in [-0.05, 0) is 12.1 Å². The van der Waals surface area contributed by atoms with E-state index in [0.29, 0.717) is 12.5 Å². The molecule has 0 amide bonds. The smallest absolute Gasteiger partial charge is 0.207 e. The van der Waals surface area contributed by atoms with E-state index in [0.717, 1.165) is 18.8 Å². The van der Waals surface area contributed by atoms with Crippen LogP contribution in [0.2, 0.25) is 0 Å². The normalized spacial score (nSPS) is 14.6. The molecule has 5 heteroatoms. The summed E-state index contributed by atoms with van der Waals surface area (Å²) in [4.78, 5) is 10.4. The van der Waals surface area contributed by atoms with Crippen LogP contribution in [0.15, 0.2) is 29.4 Å². The second kappa shape index (κ2) is 4.42. The zero-order valence-electron chi connectivity index (χ0n) is 8.22. The zero-order valence-corrected chi connectivity index (χ0v) is 8.22. The number of hydrogen-bond donors (Lipinski definition) is 1. The van der Waals surface area contributed by atoms with Crippen molar-refractivity contribution in [3.8, 4) is 6.19 Å². The van der Waals surface area contributed by atoms with Crippen molar-refractivity contribution < 1.29 is 0 Å². The largest absolute Gasteiger partial charge is 0.334 e. The molecule has 0 radical (unpaired) electrons. The number of hydrogen-bond acceptors (Lipinski definition) is 5. The lowest BCUT2D eigenvalue weighted by Crippen LogP contribution is -2.35. The van der Waals surface area contributed by atoms with Gasteiger partial charge in [-0.3, -0.25) is 15.3 Å². The summed E-state index contributed by atoms with van der Waals surface area (Å²) in [5.74, 6) is 0.642. The van der Waals surface area contributed by atoms with Crippen LogP contribution >= 0.6 is 0 Å². The maximum Gasteiger partial charge on any atom is 0.207 e. The van der Waals surface area contributed by atoms with Gasteiger partial charge in [-0.2, -0.15) is 5.26 Å². The molecule has 2 heterocycles. The molecule has 0 aliphatic carbocycles. The van der Waals surface area contributed by atoms with Crippen LogP contribution in [-0.4, -0.2) is 28.9 Å². The van der Waals surface area contributed by atoms with Crippen molar-refractivity contribution in [3.05, 3.63) is 30.1 Å². The molecule has 0 spiro atoms. The highest BCUT2D eigenvalue weighted by Gasteiger charge is 2.16. The molecule has 0 aromatic carbocycles. The molecule has 1 N–H and O–H groups in total. The maximum atomic E-state index is 8.53. The van der Waals surface area contributed by atoms with Gasteiger partial charge in [0, 0.05) is 12.7 Å². The Bertz CT molecular complexity index is 392. The first-order valence-electron chi connectivity index (χ1n) is 4.74. The van der Waals surface area contributed by atoms with Gasteiger partial charge in [0.1, 0.15) is 0 Å². The van der Waals surface area contributed by atoms with Crippen molar-refractivity contribution in [2.75, 3.05) is 13.1 Å². The van der Waals surface area contributed by atoms with Crippen LogP contribution in [0.5, 0.6) is 0 Å². The average Bonchev–Trinajstić information content (AvgIpc) is 2.68. The van der Waals surface area contributed by atoms with Gasteiger partial charge < -0.3 is 4.90 Å². The number of pyridine rings is 1. The Hall–Kier alpha value is -2.09. The third kappa shape index (κ3) is 2.23. The molecule has 0 saturated heterocycles. The summed E-state index contributed by atoms with van der Waals surface area (Å²) in [5.41, 5.74) is 0.979. The molecule has 0 atom stereocenters. The summed E-state index contributed by atoms with van der Waals surface area (Å²) in [5, 5.41) is 11.1. The van der Waals surface area contributed by atoms with Gasteiger partial charge in [-0.25, -0.2) is 0 Å². The Morgan fingerprint density at radius 3 is 3.20 bits per heavy atom. The number of guanidine groups is 1. The molecule has 0 fully saturated rings. The van der Waals surface area contributed by atoms with Crippen LogP contribution in [0, 0.1) is 11.5 Å². The van der Waals surface area contributed by atoms with Crippen molar-refractivity contribution in [3.63, 3.8) is 0 Å². The quantitative estimate of drug-likeness (QED) is 0.553. The SMILES string of the molecule is N#CNC1=NCCN1Cc1ccccn1. The fourth-order valence-corrected chi connectivity index (χ4v) is 1.49. The van der Waals surface area contributed by atoms with Gasteiger partial charge in [0.2, 0.25) is 5.96 Å². The van der Waals surface area contributed by atoms with E-state index in [1.807, 2.05) is 29.3 Å². The van der Waals surface area contributed by atoms with Crippen molar-refractivity contribution in [2.45, 2.75) is 6.54 Å². The standard InChI is InChI=1S/C10H11N5/c11-8-14-10-13-5-6-15(10)7-9-3-1-2-4-12-9/h1-4H,5-7H2,(H,13,14). The lowest BCUT2D eigenvalue weighted by atomic mass is 10.3. The van der Waals surface area contributed by atoms with E-state index in [1.54, 1.807) is 6.20 Å². The molecule has 2 rings (SSSR count). The van der Waals surface area contributed by atoms with Gasteiger partial charge in [0.25, 0.3) is 0 Å². The summed E-state index contributed by atoms with van der Waals surface area (Å²) >= 11 is 0. The topological polar surface area (TPSA) is 64.3 Å². The number of nitrogens with one attached hydrogen (secondary N) is 1. The molecule has 0 unspecified atom stereocenters. The van der Waals surface area contributed by atoms with Crippen LogP contribution in [0.1, 0.15) is 5.69 Å². The maximum absolute atomic E-state index is 8.53. The minimum Gasteiger partial charge on any atom is -0.334 e. The number of nitrogens with zero attached hydrogens (tertiary/aromatic N) is 4. The fourth-order valence-electron chi connectivity index (χ4n) is 1.49. The predicted molar refractivity (Wildman–Crippen MR) is 55.7 cm³/mol. The summed E-state index contributed by atoms with van der Waals surface area (Å²) in [7, 11) is 0. The number of rotatable bonds is 2. The highest BCUT2D eigenvalue weighted by molar-refractivity contribution is 5.82. The molecule has 5 nitrogen and oxygen atoms in total. The highest BCUT2D eigenvalue weighted by Crippen LogP contribution is 2.05. The summed E-state index contributed by atoms with van der Waals surface area (Å²) in [6.07, 6.45) is 3.65. The Morgan fingerprint density at radius 2 is 2.47 bits per heavy atom.